The number of rotatable bonds is 2. The van der Waals surface area contributed by atoms with Gasteiger partial charge in [0.25, 0.3) is 0 Å². The third-order valence-corrected chi connectivity index (χ3v) is 3.87. The molecule has 0 spiro atoms. The second-order valence-corrected chi connectivity index (χ2v) is 5.44. The molecule has 1 fully saturated rings. The van der Waals surface area contributed by atoms with Crippen molar-refractivity contribution < 1.29 is 27.5 Å². The van der Waals surface area contributed by atoms with Crippen molar-refractivity contribution in [2.45, 2.75) is 31.9 Å². The summed E-state index contributed by atoms with van der Waals surface area (Å²) in [5, 5.41) is 9.26. The van der Waals surface area contributed by atoms with Crippen LogP contribution >= 0.6 is 0 Å². The second-order valence-electron chi connectivity index (χ2n) is 5.44. The summed E-state index contributed by atoms with van der Waals surface area (Å²) in [6.45, 7) is 3.20. The van der Waals surface area contributed by atoms with E-state index in [1.54, 1.807) is 13.8 Å². The van der Waals surface area contributed by atoms with Gasteiger partial charge < -0.3 is 5.11 Å². The molecule has 6 heteroatoms. The molecule has 0 aliphatic heterocycles. The van der Waals surface area contributed by atoms with Crippen molar-refractivity contribution in [3.05, 3.63) is 35.1 Å². The van der Waals surface area contributed by atoms with E-state index < -0.39 is 34.4 Å². The summed E-state index contributed by atoms with van der Waals surface area (Å²) >= 11 is 0. The molecule has 19 heavy (non-hydrogen) atoms. The summed E-state index contributed by atoms with van der Waals surface area (Å²) in [6.07, 6.45) is -4.72. The lowest BCUT2D eigenvalue weighted by Crippen LogP contribution is -2.27. The van der Waals surface area contributed by atoms with E-state index in [1.165, 1.54) is 0 Å². The number of aliphatic carboxylic acids is 1. The van der Waals surface area contributed by atoms with Crippen molar-refractivity contribution in [1.29, 1.82) is 0 Å². The molecule has 1 N–H and O–H groups in total. The largest absolute Gasteiger partial charge is 0.481 e. The minimum Gasteiger partial charge on any atom is -0.481 e. The third-order valence-electron chi connectivity index (χ3n) is 3.87. The molecule has 1 unspecified atom stereocenters. The lowest BCUT2D eigenvalue weighted by molar-refractivity contribution is -0.143. The summed E-state index contributed by atoms with van der Waals surface area (Å²) in [7, 11) is 0. The van der Waals surface area contributed by atoms with Crippen LogP contribution in [0, 0.1) is 11.2 Å². The van der Waals surface area contributed by atoms with Gasteiger partial charge in [0, 0.05) is 5.56 Å². The van der Waals surface area contributed by atoms with Crippen LogP contribution in [0.1, 0.15) is 31.4 Å². The van der Waals surface area contributed by atoms with Crippen molar-refractivity contribution >= 4 is 5.97 Å². The highest BCUT2D eigenvalue weighted by atomic mass is 19.4. The molecular weight excluding hydrogens is 264 g/mol. The van der Waals surface area contributed by atoms with E-state index in [1.807, 2.05) is 0 Å². The summed E-state index contributed by atoms with van der Waals surface area (Å²) in [4.78, 5) is 11.4. The molecule has 104 valence electrons. The highest BCUT2D eigenvalue weighted by Gasteiger charge is 2.69. The summed E-state index contributed by atoms with van der Waals surface area (Å²) in [6, 6.07) is 2.78. The molecule has 0 saturated heterocycles. The molecule has 1 aromatic rings. The van der Waals surface area contributed by atoms with Gasteiger partial charge in [-0.25, -0.2) is 4.39 Å². The predicted octanol–water partition coefficient (Wildman–Crippen LogP) is 3.60. The van der Waals surface area contributed by atoms with Gasteiger partial charge in [-0.15, -0.1) is 0 Å². The van der Waals surface area contributed by atoms with Gasteiger partial charge in [0.2, 0.25) is 0 Å². The van der Waals surface area contributed by atoms with Crippen LogP contribution in [0.2, 0.25) is 0 Å². The Balaban J connectivity index is 2.63. The first-order chi connectivity index (χ1) is 8.54. The Morgan fingerprint density at radius 2 is 1.84 bits per heavy atom. The molecule has 0 bridgehead atoms. The van der Waals surface area contributed by atoms with E-state index in [0.29, 0.717) is 6.07 Å². The lowest BCUT2D eigenvalue weighted by Gasteiger charge is -2.19. The Hall–Kier alpha value is -1.59. The van der Waals surface area contributed by atoms with E-state index in [-0.39, 0.29) is 12.0 Å². The summed E-state index contributed by atoms with van der Waals surface area (Å²) < 4.78 is 52.0. The first-order valence-electron chi connectivity index (χ1n) is 5.63. The predicted molar refractivity (Wildman–Crippen MR) is 59.1 cm³/mol. The van der Waals surface area contributed by atoms with Gasteiger partial charge in [0.1, 0.15) is 11.2 Å². The minimum absolute atomic E-state index is 0.119. The van der Waals surface area contributed by atoms with Crippen molar-refractivity contribution in [2.75, 3.05) is 0 Å². The number of hydrogen-bond donors (Lipinski definition) is 1. The van der Waals surface area contributed by atoms with Crippen LogP contribution < -0.4 is 0 Å². The number of carbonyl (C=O) groups is 1. The average molecular weight is 276 g/mol. The molecule has 1 saturated carbocycles. The third kappa shape index (κ3) is 1.81. The van der Waals surface area contributed by atoms with Gasteiger partial charge in [-0.1, -0.05) is 26.0 Å². The van der Waals surface area contributed by atoms with Gasteiger partial charge in [-0.05, 0) is 17.9 Å². The first-order valence-corrected chi connectivity index (χ1v) is 5.63. The van der Waals surface area contributed by atoms with Crippen LogP contribution in [-0.4, -0.2) is 11.1 Å². The molecule has 0 amide bonds. The fourth-order valence-electron chi connectivity index (χ4n) is 2.64. The number of carboxylic acids is 1. The van der Waals surface area contributed by atoms with Gasteiger partial charge in [-0.3, -0.25) is 4.79 Å². The zero-order valence-electron chi connectivity index (χ0n) is 10.3. The number of hydrogen-bond acceptors (Lipinski definition) is 1. The highest BCUT2D eigenvalue weighted by Crippen LogP contribution is 2.65. The molecule has 1 aliphatic carbocycles. The molecule has 1 aromatic carbocycles. The lowest BCUT2D eigenvalue weighted by atomic mass is 9.86. The minimum atomic E-state index is -4.83. The van der Waals surface area contributed by atoms with E-state index in [2.05, 4.69) is 0 Å². The zero-order valence-corrected chi connectivity index (χ0v) is 10.3. The van der Waals surface area contributed by atoms with Crippen LogP contribution in [0.4, 0.5) is 17.6 Å². The van der Waals surface area contributed by atoms with Crippen LogP contribution in [0.5, 0.6) is 0 Å². The normalized spacial score (nSPS) is 25.2. The van der Waals surface area contributed by atoms with Gasteiger partial charge in [-0.2, -0.15) is 13.2 Å². The van der Waals surface area contributed by atoms with Crippen molar-refractivity contribution in [3.8, 4) is 0 Å². The van der Waals surface area contributed by atoms with Gasteiger partial charge in [0.05, 0.1) is 5.56 Å². The second kappa shape index (κ2) is 3.71. The standard InChI is InChI=1S/C13H12F4O2/c1-11(2)6-12(11,10(18)19)7-4-3-5-8(9(7)14)13(15,16)17/h3-5H,6H2,1-2H3,(H,18,19). The molecule has 0 aromatic heterocycles. The van der Waals surface area contributed by atoms with Gasteiger partial charge >= 0.3 is 12.1 Å². The summed E-state index contributed by atoms with van der Waals surface area (Å²) in [5.74, 6) is -2.78. The molecule has 2 nitrogen and oxygen atoms in total. The number of alkyl halides is 3. The van der Waals surface area contributed by atoms with Crippen LogP contribution in [0.15, 0.2) is 18.2 Å². The Morgan fingerprint density at radius 1 is 1.32 bits per heavy atom. The molecule has 0 heterocycles. The smallest absolute Gasteiger partial charge is 0.419 e. The number of benzene rings is 1. The maximum absolute atomic E-state index is 14.0. The Bertz CT molecular complexity index is 548. The Labute approximate surface area is 107 Å². The fourth-order valence-corrected chi connectivity index (χ4v) is 2.64. The van der Waals surface area contributed by atoms with Gasteiger partial charge in [0.15, 0.2) is 0 Å². The zero-order chi connectivity index (χ0) is 14.6. The summed E-state index contributed by atoms with van der Waals surface area (Å²) in [5.41, 5.74) is -4.14. The van der Waals surface area contributed by atoms with Crippen LogP contribution in [0.3, 0.4) is 0 Å². The molecule has 1 atom stereocenters. The van der Waals surface area contributed by atoms with E-state index >= 15 is 0 Å². The van der Waals surface area contributed by atoms with Crippen molar-refractivity contribution in [2.24, 2.45) is 5.41 Å². The van der Waals surface area contributed by atoms with E-state index in [0.717, 1.165) is 12.1 Å². The Morgan fingerprint density at radius 3 is 2.21 bits per heavy atom. The van der Waals surface area contributed by atoms with Crippen molar-refractivity contribution in [3.63, 3.8) is 0 Å². The van der Waals surface area contributed by atoms with E-state index in [4.69, 9.17) is 0 Å². The molecule has 1 aliphatic rings. The quantitative estimate of drug-likeness (QED) is 0.838. The van der Waals surface area contributed by atoms with Crippen LogP contribution in [-0.2, 0) is 16.4 Å². The molecule has 2 rings (SSSR count). The average Bonchev–Trinajstić information content (AvgIpc) is 2.81. The fraction of sp³-hybridized carbons (Fsp3) is 0.462. The number of halogens is 4. The first kappa shape index (κ1) is 13.8. The Kier molecular flexibility index (Phi) is 2.70. The van der Waals surface area contributed by atoms with Crippen molar-refractivity contribution in [1.82, 2.24) is 0 Å². The van der Waals surface area contributed by atoms with Crippen LogP contribution in [0.25, 0.3) is 0 Å². The molecular formula is C13H12F4O2. The molecule has 0 radical (unpaired) electrons. The SMILES string of the molecule is CC1(C)CC1(C(=O)O)c1cccc(C(F)(F)F)c1F. The monoisotopic (exact) mass is 276 g/mol. The maximum Gasteiger partial charge on any atom is 0.419 e. The number of carboxylic acid groups (broad SMARTS) is 1. The highest BCUT2D eigenvalue weighted by molar-refractivity contribution is 5.87. The topological polar surface area (TPSA) is 37.3 Å². The van der Waals surface area contributed by atoms with E-state index in [9.17, 15) is 27.5 Å². The maximum atomic E-state index is 14.0.